The Hall–Kier alpha value is -1.26. The summed E-state index contributed by atoms with van der Waals surface area (Å²) in [6.07, 6.45) is 2.81. The third-order valence-electron chi connectivity index (χ3n) is 3.03. The highest BCUT2D eigenvalue weighted by Crippen LogP contribution is 2.09. The molecule has 0 aliphatic carbocycles. The molecule has 0 spiro atoms. The van der Waals surface area contributed by atoms with Gasteiger partial charge in [0, 0.05) is 6.54 Å². The summed E-state index contributed by atoms with van der Waals surface area (Å²) in [5, 5.41) is 15.2. The van der Waals surface area contributed by atoms with E-state index in [1.165, 1.54) is 0 Å². The molecule has 1 aromatic carbocycles. The number of phenolic OH excluding ortho intramolecular Hbond substituents is 1. The maximum absolute atomic E-state index is 11.7. The molecule has 1 aliphatic heterocycles. The van der Waals surface area contributed by atoms with Crippen molar-refractivity contribution in [2.75, 3.05) is 13.1 Å². The van der Waals surface area contributed by atoms with Crippen LogP contribution in [0, 0.1) is 0 Å². The van der Waals surface area contributed by atoms with Crippen LogP contribution in [0.15, 0.2) is 24.3 Å². The van der Waals surface area contributed by atoms with E-state index in [0.29, 0.717) is 6.54 Å². The van der Waals surface area contributed by atoms with Gasteiger partial charge in [-0.1, -0.05) is 12.1 Å². The van der Waals surface area contributed by atoms with Crippen molar-refractivity contribution in [3.05, 3.63) is 29.8 Å². The highest BCUT2D eigenvalue weighted by Gasteiger charge is 2.20. The number of benzene rings is 1. The number of hydrogen-bond donors (Lipinski definition) is 3. The number of nitrogens with one attached hydrogen (secondary N) is 2. The van der Waals surface area contributed by atoms with Crippen LogP contribution in [-0.4, -0.2) is 30.1 Å². The van der Waals surface area contributed by atoms with Crippen molar-refractivity contribution in [2.45, 2.75) is 25.3 Å². The molecule has 0 bridgehead atoms. The van der Waals surface area contributed by atoms with Crippen LogP contribution in [0.2, 0.25) is 0 Å². The smallest absolute Gasteiger partial charge is 0.237 e. The monoisotopic (exact) mass is 270 g/mol. The summed E-state index contributed by atoms with van der Waals surface area (Å²) in [7, 11) is 0. The van der Waals surface area contributed by atoms with Crippen LogP contribution in [0.25, 0.3) is 0 Å². The molecule has 18 heavy (non-hydrogen) atoms. The molecule has 1 aliphatic rings. The van der Waals surface area contributed by atoms with Gasteiger partial charge in [0.05, 0.1) is 6.04 Å². The molecule has 1 unspecified atom stereocenters. The number of carbonyl (C=O) groups excluding carboxylic acids is 1. The number of carbonyl (C=O) groups is 1. The Morgan fingerprint density at radius 1 is 1.39 bits per heavy atom. The zero-order valence-corrected chi connectivity index (χ0v) is 11.0. The first-order valence-corrected chi connectivity index (χ1v) is 6.05. The molecule has 1 fully saturated rings. The molecule has 5 heteroatoms. The van der Waals surface area contributed by atoms with E-state index in [4.69, 9.17) is 5.11 Å². The first-order chi connectivity index (χ1) is 8.25. The number of rotatable bonds is 4. The summed E-state index contributed by atoms with van der Waals surface area (Å²) in [4.78, 5) is 11.7. The second-order valence-electron chi connectivity index (χ2n) is 4.36. The third kappa shape index (κ3) is 4.20. The van der Waals surface area contributed by atoms with Gasteiger partial charge >= 0.3 is 0 Å². The van der Waals surface area contributed by atoms with Gasteiger partial charge in [0.1, 0.15) is 5.75 Å². The fraction of sp³-hybridized carbons (Fsp3) is 0.462. The minimum atomic E-state index is -0.00480. The van der Waals surface area contributed by atoms with Crippen molar-refractivity contribution in [1.29, 1.82) is 0 Å². The van der Waals surface area contributed by atoms with Crippen LogP contribution in [0.4, 0.5) is 0 Å². The second-order valence-corrected chi connectivity index (χ2v) is 4.36. The fourth-order valence-electron chi connectivity index (χ4n) is 2.02. The number of phenols is 1. The Bertz CT molecular complexity index is 375. The van der Waals surface area contributed by atoms with E-state index in [2.05, 4.69) is 10.6 Å². The summed E-state index contributed by atoms with van der Waals surface area (Å²) in [6, 6.07) is 7.06. The van der Waals surface area contributed by atoms with Crippen LogP contribution in [0.1, 0.15) is 18.4 Å². The van der Waals surface area contributed by atoms with Crippen LogP contribution in [-0.2, 0) is 11.2 Å². The van der Waals surface area contributed by atoms with Crippen LogP contribution >= 0.6 is 12.4 Å². The average molecular weight is 271 g/mol. The Morgan fingerprint density at radius 2 is 2.11 bits per heavy atom. The lowest BCUT2D eigenvalue weighted by Crippen LogP contribution is -2.41. The first-order valence-electron chi connectivity index (χ1n) is 6.05. The van der Waals surface area contributed by atoms with E-state index in [1.807, 2.05) is 12.1 Å². The van der Waals surface area contributed by atoms with Gasteiger partial charge in [-0.05, 0) is 43.5 Å². The quantitative estimate of drug-likeness (QED) is 0.771. The van der Waals surface area contributed by atoms with Gasteiger partial charge < -0.3 is 15.7 Å². The molecule has 0 aromatic heterocycles. The molecule has 1 heterocycles. The molecule has 0 radical (unpaired) electrons. The lowest BCUT2D eigenvalue weighted by Gasteiger charge is -2.10. The van der Waals surface area contributed by atoms with Gasteiger partial charge in [-0.25, -0.2) is 0 Å². The zero-order chi connectivity index (χ0) is 12.1. The maximum atomic E-state index is 11.7. The number of amides is 1. The molecule has 1 amide bonds. The lowest BCUT2D eigenvalue weighted by molar-refractivity contribution is -0.122. The summed E-state index contributed by atoms with van der Waals surface area (Å²) in [6.45, 7) is 1.58. The Labute approximate surface area is 113 Å². The van der Waals surface area contributed by atoms with E-state index >= 15 is 0 Å². The summed E-state index contributed by atoms with van der Waals surface area (Å²) in [5.74, 6) is 0.370. The Morgan fingerprint density at radius 3 is 2.72 bits per heavy atom. The van der Waals surface area contributed by atoms with Gasteiger partial charge in [0.25, 0.3) is 0 Å². The van der Waals surface area contributed by atoms with Crippen LogP contribution in [0.3, 0.4) is 0 Å². The second kappa shape index (κ2) is 7.24. The molecular formula is C13H19ClN2O2. The Balaban J connectivity index is 0.00000162. The van der Waals surface area contributed by atoms with Gasteiger partial charge in [0.2, 0.25) is 5.91 Å². The largest absolute Gasteiger partial charge is 0.508 e. The van der Waals surface area contributed by atoms with Crippen molar-refractivity contribution in [1.82, 2.24) is 10.6 Å². The molecule has 1 atom stereocenters. The summed E-state index contributed by atoms with van der Waals surface area (Å²) >= 11 is 0. The molecule has 3 N–H and O–H groups in total. The zero-order valence-electron chi connectivity index (χ0n) is 10.2. The minimum Gasteiger partial charge on any atom is -0.508 e. The van der Waals surface area contributed by atoms with Gasteiger partial charge in [0.15, 0.2) is 0 Å². The van der Waals surface area contributed by atoms with E-state index in [9.17, 15) is 4.79 Å². The normalized spacial score (nSPS) is 18.1. The molecule has 2 rings (SSSR count). The van der Waals surface area contributed by atoms with Crippen molar-refractivity contribution in [3.8, 4) is 5.75 Å². The van der Waals surface area contributed by atoms with Crippen LogP contribution in [0.5, 0.6) is 5.75 Å². The van der Waals surface area contributed by atoms with Gasteiger partial charge in [-0.3, -0.25) is 4.79 Å². The average Bonchev–Trinajstić information content (AvgIpc) is 2.85. The van der Waals surface area contributed by atoms with E-state index in [1.54, 1.807) is 12.1 Å². The standard InChI is InChI=1S/C13H18N2O2.ClH/c16-11-5-3-10(4-6-11)7-9-15-13(17)12-2-1-8-14-12;/h3-6,12,14,16H,1-2,7-9H2,(H,15,17);1H. The predicted octanol–water partition coefficient (Wildman–Crippen LogP) is 1.22. The van der Waals surface area contributed by atoms with E-state index in [-0.39, 0.29) is 30.1 Å². The predicted molar refractivity (Wildman–Crippen MR) is 73.1 cm³/mol. The maximum Gasteiger partial charge on any atom is 0.237 e. The van der Waals surface area contributed by atoms with Gasteiger partial charge in [-0.15, -0.1) is 12.4 Å². The third-order valence-corrected chi connectivity index (χ3v) is 3.03. The molecule has 1 aromatic rings. The van der Waals surface area contributed by atoms with Crippen molar-refractivity contribution in [2.24, 2.45) is 0 Å². The van der Waals surface area contributed by atoms with E-state index < -0.39 is 0 Å². The number of halogens is 1. The molecule has 100 valence electrons. The molecular weight excluding hydrogens is 252 g/mol. The SMILES string of the molecule is Cl.O=C(NCCc1ccc(O)cc1)C1CCCN1. The molecule has 1 saturated heterocycles. The fourth-order valence-corrected chi connectivity index (χ4v) is 2.02. The topological polar surface area (TPSA) is 61.4 Å². The van der Waals surface area contributed by atoms with Crippen molar-refractivity contribution >= 4 is 18.3 Å². The van der Waals surface area contributed by atoms with Crippen molar-refractivity contribution < 1.29 is 9.90 Å². The summed E-state index contributed by atoms with van der Waals surface area (Å²) < 4.78 is 0. The lowest BCUT2D eigenvalue weighted by atomic mass is 10.1. The number of aromatic hydroxyl groups is 1. The highest BCUT2D eigenvalue weighted by atomic mass is 35.5. The number of hydrogen-bond acceptors (Lipinski definition) is 3. The van der Waals surface area contributed by atoms with Crippen molar-refractivity contribution in [3.63, 3.8) is 0 Å². The molecule has 4 nitrogen and oxygen atoms in total. The first kappa shape index (κ1) is 14.8. The summed E-state index contributed by atoms with van der Waals surface area (Å²) in [5.41, 5.74) is 1.11. The molecule has 0 saturated carbocycles. The minimum absolute atomic E-state index is 0. The van der Waals surface area contributed by atoms with Gasteiger partial charge in [-0.2, -0.15) is 0 Å². The van der Waals surface area contributed by atoms with Crippen LogP contribution < -0.4 is 10.6 Å². The van der Waals surface area contributed by atoms with E-state index in [0.717, 1.165) is 31.4 Å². The highest BCUT2D eigenvalue weighted by molar-refractivity contribution is 5.85. The Kier molecular flexibility index (Phi) is 5.95.